The van der Waals surface area contributed by atoms with Crippen LogP contribution in [-0.2, 0) is 25.5 Å². The third-order valence-electron chi connectivity index (χ3n) is 8.98. The SMILES string of the molecule is C=CCN(C)C(=O)[C@H]1[C@H]2C(=O)N([C@@H](CO)Cc3ccccc3)C(C(=O)N(CC=C)c3c(C)cccc3Cl)C23CC(Br)[C@@H]1O3. The molecule has 0 aliphatic carbocycles. The van der Waals surface area contributed by atoms with Crippen LogP contribution in [0.2, 0.25) is 5.02 Å². The highest BCUT2D eigenvalue weighted by molar-refractivity contribution is 9.09. The lowest BCUT2D eigenvalue weighted by atomic mass is 9.70. The number of para-hydroxylation sites is 1. The standard InChI is InChI=1S/C33H37BrClN3O5/c1-5-15-36(4)30(40)25-26-31(41)38(22(19-39)17-21-12-8-7-9-13-21)29(33(26)18-23(34)28(25)43-33)32(42)37(16-6-2)27-20(3)11-10-14-24(27)35/h5-14,22-23,25-26,28-29,39H,1-2,15-19H2,3-4H3/t22-,23?,25+,26+,28+,29?,33?/m1/s1. The number of anilines is 1. The lowest BCUT2D eigenvalue weighted by Crippen LogP contribution is -2.59. The molecule has 3 heterocycles. The molecule has 43 heavy (non-hydrogen) atoms. The van der Waals surface area contributed by atoms with Crippen LogP contribution < -0.4 is 4.90 Å². The average Bonchev–Trinajstić information content (AvgIpc) is 3.58. The number of ether oxygens (including phenoxy) is 1. The van der Waals surface area contributed by atoms with Crippen LogP contribution in [0.3, 0.4) is 0 Å². The third kappa shape index (κ3) is 5.24. The first-order chi connectivity index (χ1) is 20.6. The number of aryl methyl sites for hydroxylation is 1. The molecular weight excluding hydrogens is 634 g/mol. The molecule has 0 aromatic heterocycles. The Labute approximate surface area is 266 Å². The zero-order valence-corrected chi connectivity index (χ0v) is 26.7. The van der Waals surface area contributed by atoms with Crippen LogP contribution >= 0.6 is 27.5 Å². The fraction of sp³-hybridized carbons (Fsp3) is 0.424. The molecule has 3 fully saturated rings. The van der Waals surface area contributed by atoms with Crippen molar-refractivity contribution < 1.29 is 24.2 Å². The predicted octanol–water partition coefficient (Wildman–Crippen LogP) is 4.16. The van der Waals surface area contributed by atoms with Gasteiger partial charge in [-0.15, -0.1) is 13.2 Å². The minimum absolute atomic E-state index is 0.136. The number of rotatable bonds is 11. The molecule has 5 rings (SSSR count). The summed E-state index contributed by atoms with van der Waals surface area (Å²) in [6, 6.07) is 13.1. The van der Waals surface area contributed by atoms with E-state index in [0.717, 1.165) is 11.1 Å². The van der Waals surface area contributed by atoms with Crippen molar-refractivity contribution in [3.63, 3.8) is 0 Å². The molecule has 0 radical (unpaired) electrons. The zero-order chi connectivity index (χ0) is 31.1. The number of aliphatic hydroxyl groups excluding tert-OH is 1. The molecule has 1 N–H and O–H groups in total. The Hall–Kier alpha value is -2.98. The van der Waals surface area contributed by atoms with Gasteiger partial charge in [0.15, 0.2) is 0 Å². The van der Waals surface area contributed by atoms with Crippen molar-refractivity contribution >= 4 is 50.9 Å². The maximum Gasteiger partial charge on any atom is 0.253 e. The number of nitrogens with zero attached hydrogens (tertiary/aromatic N) is 3. The normalized spacial score (nSPS) is 28.0. The molecular formula is C33H37BrClN3O5. The molecule has 3 saturated heterocycles. The Morgan fingerprint density at radius 3 is 2.49 bits per heavy atom. The number of likely N-dealkylation sites (tertiary alicyclic amines) is 1. The van der Waals surface area contributed by atoms with Crippen LogP contribution in [0.1, 0.15) is 17.5 Å². The molecule has 7 atom stereocenters. The first-order valence-corrected chi connectivity index (χ1v) is 15.7. The molecule has 2 aromatic carbocycles. The summed E-state index contributed by atoms with van der Waals surface area (Å²) in [5, 5.41) is 11.1. The van der Waals surface area contributed by atoms with E-state index in [4.69, 9.17) is 16.3 Å². The Balaban J connectivity index is 1.66. The highest BCUT2D eigenvalue weighted by atomic mass is 79.9. The quantitative estimate of drug-likeness (QED) is 0.287. The molecule has 8 nitrogen and oxygen atoms in total. The highest BCUT2D eigenvalue weighted by Gasteiger charge is 2.77. The number of benzene rings is 2. The van der Waals surface area contributed by atoms with Gasteiger partial charge in [0.05, 0.1) is 41.3 Å². The first-order valence-electron chi connectivity index (χ1n) is 14.4. The minimum atomic E-state index is -1.29. The maximum absolute atomic E-state index is 15.0. The highest BCUT2D eigenvalue weighted by Crippen LogP contribution is 2.61. The number of hydrogen-bond acceptors (Lipinski definition) is 5. The summed E-state index contributed by atoms with van der Waals surface area (Å²) in [6.07, 6.45) is 3.31. The summed E-state index contributed by atoms with van der Waals surface area (Å²) in [5.41, 5.74) is 0.916. The molecule has 1 spiro atoms. The smallest absolute Gasteiger partial charge is 0.253 e. The summed E-state index contributed by atoms with van der Waals surface area (Å²) in [6.45, 7) is 9.55. The van der Waals surface area contributed by atoms with Crippen molar-refractivity contribution in [3.8, 4) is 0 Å². The van der Waals surface area contributed by atoms with E-state index in [1.54, 1.807) is 30.2 Å². The van der Waals surface area contributed by atoms with Gasteiger partial charge in [-0.3, -0.25) is 14.4 Å². The second-order valence-electron chi connectivity index (χ2n) is 11.6. The van der Waals surface area contributed by atoms with Crippen molar-refractivity contribution in [2.24, 2.45) is 11.8 Å². The van der Waals surface area contributed by atoms with Gasteiger partial charge in [0.2, 0.25) is 11.8 Å². The fourth-order valence-electron chi connectivity index (χ4n) is 7.23. The van der Waals surface area contributed by atoms with Gasteiger partial charge in [-0.1, -0.05) is 82.1 Å². The van der Waals surface area contributed by atoms with E-state index >= 15 is 0 Å². The Morgan fingerprint density at radius 2 is 1.86 bits per heavy atom. The second-order valence-corrected chi connectivity index (χ2v) is 13.2. The molecule has 3 unspecified atom stereocenters. The third-order valence-corrected chi connectivity index (χ3v) is 10.1. The second kappa shape index (κ2) is 12.6. The molecule has 3 aliphatic rings. The van der Waals surface area contributed by atoms with Gasteiger partial charge in [0, 0.05) is 25.0 Å². The van der Waals surface area contributed by atoms with Crippen LogP contribution in [-0.4, -0.2) is 88.0 Å². The van der Waals surface area contributed by atoms with Gasteiger partial charge in [0.25, 0.3) is 5.91 Å². The summed E-state index contributed by atoms with van der Waals surface area (Å²) < 4.78 is 6.69. The number of aliphatic hydroxyl groups is 1. The van der Waals surface area contributed by atoms with E-state index in [0.29, 0.717) is 30.1 Å². The van der Waals surface area contributed by atoms with E-state index in [9.17, 15) is 19.5 Å². The Kier molecular flexibility index (Phi) is 9.18. The van der Waals surface area contributed by atoms with Crippen LogP contribution in [0.4, 0.5) is 5.69 Å². The van der Waals surface area contributed by atoms with E-state index in [1.807, 2.05) is 49.4 Å². The van der Waals surface area contributed by atoms with Crippen LogP contribution in [0.25, 0.3) is 0 Å². The zero-order valence-electron chi connectivity index (χ0n) is 24.4. The van der Waals surface area contributed by atoms with Gasteiger partial charge in [-0.2, -0.15) is 0 Å². The number of hydrogen-bond donors (Lipinski definition) is 1. The largest absolute Gasteiger partial charge is 0.394 e. The first kappa shape index (κ1) is 31.4. The molecule has 10 heteroatoms. The molecule has 3 amide bonds. The lowest BCUT2D eigenvalue weighted by molar-refractivity contribution is -0.146. The number of alkyl halides is 1. The number of amides is 3. The number of fused-ring (bicyclic) bond motifs is 1. The molecule has 228 valence electrons. The Morgan fingerprint density at radius 1 is 1.16 bits per heavy atom. The predicted molar refractivity (Wildman–Crippen MR) is 170 cm³/mol. The number of likely N-dealkylation sites (N-methyl/N-ethyl adjacent to an activating group) is 1. The van der Waals surface area contributed by atoms with Crippen LogP contribution in [0, 0.1) is 18.8 Å². The molecule has 2 bridgehead atoms. The number of carbonyl (C=O) groups is 3. The summed E-state index contributed by atoms with van der Waals surface area (Å²) in [4.78, 5) is 47.8. The fourth-order valence-corrected chi connectivity index (χ4v) is 8.50. The molecule has 0 saturated carbocycles. The number of halogens is 2. The van der Waals surface area contributed by atoms with Crippen molar-refractivity contribution in [1.29, 1.82) is 0 Å². The van der Waals surface area contributed by atoms with Gasteiger partial charge in [-0.25, -0.2) is 0 Å². The van der Waals surface area contributed by atoms with E-state index in [2.05, 4.69) is 29.1 Å². The average molecular weight is 671 g/mol. The molecule has 3 aliphatic heterocycles. The van der Waals surface area contributed by atoms with E-state index in [1.165, 1.54) is 9.80 Å². The van der Waals surface area contributed by atoms with Gasteiger partial charge in [-0.05, 0) is 37.0 Å². The van der Waals surface area contributed by atoms with Crippen molar-refractivity contribution in [3.05, 3.63) is 90.0 Å². The maximum atomic E-state index is 15.0. The lowest BCUT2D eigenvalue weighted by Gasteiger charge is -2.40. The number of carbonyl (C=O) groups excluding carboxylic acids is 3. The molecule has 2 aromatic rings. The minimum Gasteiger partial charge on any atom is -0.394 e. The van der Waals surface area contributed by atoms with Crippen molar-refractivity contribution in [1.82, 2.24) is 9.80 Å². The van der Waals surface area contributed by atoms with E-state index in [-0.39, 0.29) is 29.8 Å². The monoisotopic (exact) mass is 669 g/mol. The van der Waals surface area contributed by atoms with Gasteiger partial charge >= 0.3 is 0 Å². The van der Waals surface area contributed by atoms with Crippen molar-refractivity contribution in [2.75, 3.05) is 31.6 Å². The summed E-state index contributed by atoms with van der Waals surface area (Å²) >= 11 is 10.4. The summed E-state index contributed by atoms with van der Waals surface area (Å²) in [5.74, 6) is -2.71. The van der Waals surface area contributed by atoms with Gasteiger partial charge in [0.1, 0.15) is 11.6 Å². The summed E-state index contributed by atoms with van der Waals surface area (Å²) in [7, 11) is 1.67. The van der Waals surface area contributed by atoms with E-state index < -0.39 is 41.5 Å². The topological polar surface area (TPSA) is 90.4 Å². The Bertz CT molecular complexity index is 1400. The van der Waals surface area contributed by atoms with Crippen LogP contribution in [0.15, 0.2) is 73.8 Å². The van der Waals surface area contributed by atoms with Gasteiger partial charge < -0.3 is 24.5 Å². The van der Waals surface area contributed by atoms with Crippen LogP contribution in [0.5, 0.6) is 0 Å². The van der Waals surface area contributed by atoms with Crippen molar-refractivity contribution in [2.45, 2.75) is 48.4 Å².